The summed E-state index contributed by atoms with van der Waals surface area (Å²) in [6, 6.07) is 18.3. The Morgan fingerprint density at radius 2 is 1.67 bits per heavy atom. The Balaban J connectivity index is 1.56. The maximum absolute atomic E-state index is 5.25. The molecular formula is C22H29NO. The Hall–Kier alpha value is -1.80. The SMILES string of the molecule is CCCCc1ccc(C2CCC(c3ccc(OC)cc3)CN2)cc1. The molecule has 2 unspecified atom stereocenters. The van der Waals surface area contributed by atoms with Gasteiger partial charge in [-0.2, -0.15) is 0 Å². The Kier molecular flexibility index (Phi) is 5.92. The van der Waals surface area contributed by atoms with Gasteiger partial charge in [0.1, 0.15) is 5.75 Å². The standard InChI is InChI=1S/C22H29NO/c1-3-4-5-17-6-8-19(9-7-17)22-15-12-20(16-23-22)18-10-13-21(24-2)14-11-18/h6-11,13-14,20,22-23H,3-5,12,15-16H2,1-2H3. The lowest BCUT2D eigenvalue weighted by Crippen LogP contribution is -2.32. The van der Waals surface area contributed by atoms with E-state index in [0.29, 0.717) is 12.0 Å². The number of rotatable bonds is 6. The van der Waals surface area contributed by atoms with Crippen molar-refractivity contribution in [3.05, 3.63) is 65.2 Å². The lowest BCUT2D eigenvalue weighted by molar-refractivity contribution is 0.373. The van der Waals surface area contributed by atoms with Gasteiger partial charge in [0, 0.05) is 12.6 Å². The van der Waals surface area contributed by atoms with Crippen LogP contribution in [-0.2, 0) is 6.42 Å². The van der Waals surface area contributed by atoms with Crippen molar-refractivity contribution in [2.24, 2.45) is 0 Å². The molecule has 1 N–H and O–H groups in total. The summed E-state index contributed by atoms with van der Waals surface area (Å²) in [7, 11) is 1.72. The predicted octanol–water partition coefficient (Wildman–Crippen LogP) is 5.25. The number of unbranched alkanes of at least 4 members (excludes halogenated alkanes) is 1. The van der Waals surface area contributed by atoms with Crippen LogP contribution in [0.5, 0.6) is 5.75 Å². The van der Waals surface area contributed by atoms with Gasteiger partial charge >= 0.3 is 0 Å². The molecule has 2 aromatic rings. The number of piperidine rings is 1. The Labute approximate surface area is 146 Å². The minimum Gasteiger partial charge on any atom is -0.497 e. The number of nitrogens with one attached hydrogen (secondary N) is 1. The Morgan fingerprint density at radius 3 is 2.25 bits per heavy atom. The van der Waals surface area contributed by atoms with E-state index in [4.69, 9.17) is 4.74 Å². The monoisotopic (exact) mass is 323 g/mol. The normalized spacial score (nSPS) is 20.8. The van der Waals surface area contributed by atoms with Crippen LogP contribution in [0.3, 0.4) is 0 Å². The third-order valence-corrected chi connectivity index (χ3v) is 5.20. The van der Waals surface area contributed by atoms with E-state index in [-0.39, 0.29) is 0 Å². The van der Waals surface area contributed by atoms with E-state index >= 15 is 0 Å². The van der Waals surface area contributed by atoms with Crippen LogP contribution in [0.4, 0.5) is 0 Å². The first-order chi connectivity index (χ1) is 11.8. The Morgan fingerprint density at radius 1 is 0.958 bits per heavy atom. The van der Waals surface area contributed by atoms with Gasteiger partial charge in [-0.15, -0.1) is 0 Å². The summed E-state index contributed by atoms with van der Waals surface area (Å²) in [4.78, 5) is 0. The lowest BCUT2D eigenvalue weighted by Gasteiger charge is -2.30. The van der Waals surface area contributed by atoms with Crippen LogP contribution in [-0.4, -0.2) is 13.7 Å². The first-order valence-corrected chi connectivity index (χ1v) is 9.26. The average Bonchev–Trinajstić information content (AvgIpc) is 2.67. The molecule has 0 amide bonds. The van der Waals surface area contributed by atoms with Crippen LogP contribution >= 0.6 is 0 Å². The summed E-state index contributed by atoms with van der Waals surface area (Å²) >= 11 is 0. The van der Waals surface area contributed by atoms with Gasteiger partial charge in [-0.3, -0.25) is 0 Å². The molecule has 1 aliphatic rings. The maximum Gasteiger partial charge on any atom is 0.118 e. The minimum atomic E-state index is 0.500. The first kappa shape index (κ1) is 17.0. The zero-order valence-corrected chi connectivity index (χ0v) is 14.9. The topological polar surface area (TPSA) is 21.3 Å². The summed E-state index contributed by atoms with van der Waals surface area (Å²) < 4.78 is 5.25. The van der Waals surface area contributed by atoms with Crippen molar-refractivity contribution in [1.82, 2.24) is 5.32 Å². The van der Waals surface area contributed by atoms with Crippen LogP contribution in [0.1, 0.15) is 61.3 Å². The van der Waals surface area contributed by atoms with Gasteiger partial charge in [0.15, 0.2) is 0 Å². The fourth-order valence-electron chi connectivity index (χ4n) is 3.60. The van der Waals surface area contributed by atoms with Crippen molar-refractivity contribution in [3.8, 4) is 5.75 Å². The van der Waals surface area contributed by atoms with E-state index in [1.165, 1.54) is 48.8 Å². The number of ether oxygens (including phenoxy) is 1. The highest BCUT2D eigenvalue weighted by Crippen LogP contribution is 2.32. The van der Waals surface area contributed by atoms with Gasteiger partial charge in [0.2, 0.25) is 0 Å². The Bertz CT molecular complexity index is 609. The van der Waals surface area contributed by atoms with Gasteiger partial charge in [0.25, 0.3) is 0 Å². The van der Waals surface area contributed by atoms with Crippen LogP contribution < -0.4 is 10.1 Å². The van der Waals surface area contributed by atoms with Gasteiger partial charge < -0.3 is 10.1 Å². The number of hydrogen-bond donors (Lipinski definition) is 1. The predicted molar refractivity (Wildman–Crippen MR) is 101 cm³/mol. The van der Waals surface area contributed by atoms with Crippen molar-refractivity contribution >= 4 is 0 Å². The molecule has 24 heavy (non-hydrogen) atoms. The van der Waals surface area contributed by atoms with Gasteiger partial charge in [0.05, 0.1) is 7.11 Å². The van der Waals surface area contributed by atoms with Crippen molar-refractivity contribution < 1.29 is 4.74 Å². The fraction of sp³-hybridized carbons (Fsp3) is 0.455. The van der Waals surface area contributed by atoms with Crippen molar-refractivity contribution in [2.45, 2.75) is 51.0 Å². The zero-order chi connectivity index (χ0) is 16.8. The van der Waals surface area contributed by atoms with E-state index in [2.05, 4.69) is 60.8 Å². The molecule has 128 valence electrons. The van der Waals surface area contributed by atoms with Crippen LogP contribution in [0.25, 0.3) is 0 Å². The molecule has 0 spiro atoms. The van der Waals surface area contributed by atoms with Crippen LogP contribution in [0.15, 0.2) is 48.5 Å². The number of hydrogen-bond acceptors (Lipinski definition) is 2. The average molecular weight is 323 g/mol. The summed E-state index contributed by atoms with van der Waals surface area (Å²) in [5.41, 5.74) is 4.31. The van der Waals surface area contributed by atoms with Crippen molar-refractivity contribution in [2.75, 3.05) is 13.7 Å². The van der Waals surface area contributed by atoms with Crippen LogP contribution in [0, 0.1) is 0 Å². The number of aryl methyl sites for hydroxylation is 1. The molecule has 2 heteroatoms. The molecule has 2 nitrogen and oxygen atoms in total. The van der Waals surface area contributed by atoms with Gasteiger partial charge in [-0.05, 0) is 60.4 Å². The van der Waals surface area contributed by atoms with E-state index in [9.17, 15) is 0 Å². The molecule has 2 atom stereocenters. The molecule has 0 aromatic heterocycles. The molecular weight excluding hydrogens is 294 g/mol. The second kappa shape index (κ2) is 8.34. The zero-order valence-electron chi connectivity index (χ0n) is 14.9. The second-order valence-electron chi connectivity index (χ2n) is 6.85. The van der Waals surface area contributed by atoms with E-state index in [1.54, 1.807) is 7.11 Å². The number of benzene rings is 2. The summed E-state index contributed by atoms with van der Waals surface area (Å²) in [6.45, 7) is 3.30. The number of methoxy groups -OCH3 is 1. The fourth-order valence-corrected chi connectivity index (χ4v) is 3.60. The highest BCUT2D eigenvalue weighted by Gasteiger charge is 2.22. The minimum absolute atomic E-state index is 0.500. The second-order valence-corrected chi connectivity index (χ2v) is 6.85. The third-order valence-electron chi connectivity index (χ3n) is 5.20. The molecule has 1 aliphatic heterocycles. The quantitative estimate of drug-likeness (QED) is 0.784. The van der Waals surface area contributed by atoms with E-state index in [0.717, 1.165) is 12.3 Å². The van der Waals surface area contributed by atoms with Crippen molar-refractivity contribution in [3.63, 3.8) is 0 Å². The summed E-state index contributed by atoms with van der Waals surface area (Å²) in [5, 5.41) is 3.74. The van der Waals surface area contributed by atoms with Gasteiger partial charge in [-0.25, -0.2) is 0 Å². The molecule has 2 aromatic carbocycles. The van der Waals surface area contributed by atoms with Crippen LogP contribution in [0.2, 0.25) is 0 Å². The molecule has 1 heterocycles. The summed E-state index contributed by atoms with van der Waals surface area (Å²) in [6.07, 6.45) is 6.18. The molecule has 0 radical (unpaired) electrons. The summed E-state index contributed by atoms with van der Waals surface area (Å²) in [5.74, 6) is 1.54. The highest BCUT2D eigenvalue weighted by molar-refractivity contribution is 5.31. The molecule has 1 saturated heterocycles. The molecule has 0 aliphatic carbocycles. The maximum atomic E-state index is 5.25. The van der Waals surface area contributed by atoms with E-state index in [1.807, 2.05) is 0 Å². The van der Waals surface area contributed by atoms with Crippen molar-refractivity contribution in [1.29, 1.82) is 0 Å². The molecule has 3 rings (SSSR count). The largest absolute Gasteiger partial charge is 0.497 e. The molecule has 0 saturated carbocycles. The molecule has 1 fully saturated rings. The van der Waals surface area contributed by atoms with Gasteiger partial charge in [-0.1, -0.05) is 49.7 Å². The smallest absolute Gasteiger partial charge is 0.118 e. The lowest BCUT2D eigenvalue weighted by atomic mass is 9.86. The molecule has 0 bridgehead atoms. The highest BCUT2D eigenvalue weighted by atomic mass is 16.5. The van der Waals surface area contributed by atoms with E-state index < -0.39 is 0 Å². The third kappa shape index (κ3) is 4.18. The first-order valence-electron chi connectivity index (χ1n) is 9.26.